The van der Waals surface area contributed by atoms with E-state index in [-0.39, 0.29) is 0 Å². The SMILES string of the molecule is CC1(C)Oc2ccccc2C[C@@H]1O. The van der Waals surface area contributed by atoms with E-state index in [0.29, 0.717) is 6.42 Å². The molecule has 1 aromatic carbocycles. The molecule has 1 atom stereocenters. The number of rotatable bonds is 0. The Morgan fingerprint density at radius 1 is 1.38 bits per heavy atom. The van der Waals surface area contributed by atoms with Gasteiger partial charge in [-0.1, -0.05) is 18.2 Å². The van der Waals surface area contributed by atoms with Gasteiger partial charge in [0.15, 0.2) is 0 Å². The second-order valence-electron chi connectivity index (χ2n) is 4.03. The highest BCUT2D eigenvalue weighted by atomic mass is 16.5. The summed E-state index contributed by atoms with van der Waals surface area (Å²) in [5.41, 5.74) is 0.628. The number of hydrogen-bond donors (Lipinski definition) is 1. The van der Waals surface area contributed by atoms with Gasteiger partial charge in [0.05, 0.1) is 6.10 Å². The maximum absolute atomic E-state index is 9.76. The number of fused-ring (bicyclic) bond motifs is 1. The molecule has 0 unspecified atom stereocenters. The molecule has 2 heteroatoms. The second-order valence-corrected chi connectivity index (χ2v) is 4.03. The Kier molecular flexibility index (Phi) is 1.81. The van der Waals surface area contributed by atoms with Crippen LogP contribution in [0.3, 0.4) is 0 Å². The van der Waals surface area contributed by atoms with Crippen LogP contribution in [0.5, 0.6) is 5.75 Å². The maximum Gasteiger partial charge on any atom is 0.129 e. The number of benzene rings is 1. The molecule has 1 aliphatic rings. The first-order chi connectivity index (χ1) is 6.09. The number of aliphatic hydroxyl groups is 1. The molecule has 0 aromatic heterocycles. The molecule has 0 saturated heterocycles. The van der Waals surface area contributed by atoms with Crippen molar-refractivity contribution in [2.75, 3.05) is 0 Å². The van der Waals surface area contributed by atoms with Gasteiger partial charge < -0.3 is 9.84 Å². The van der Waals surface area contributed by atoms with Crippen LogP contribution in [0.15, 0.2) is 24.3 Å². The second kappa shape index (κ2) is 2.74. The monoisotopic (exact) mass is 178 g/mol. The fourth-order valence-electron chi connectivity index (χ4n) is 1.58. The van der Waals surface area contributed by atoms with Crippen LogP contribution in [0.1, 0.15) is 19.4 Å². The summed E-state index contributed by atoms with van der Waals surface area (Å²) in [5, 5.41) is 9.76. The summed E-state index contributed by atoms with van der Waals surface area (Å²) in [5.74, 6) is 0.901. The van der Waals surface area contributed by atoms with Gasteiger partial charge >= 0.3 is 0 Å². The zero-order chi connectivity index (χ0) is 9.47. The average Bonchev–Trinajstić information content (AvgIpc) is 2.06. The van der Waals surface area contributed by atoms with Crippen molar-refractivity contribution in [2.45, 2.75) is 32.0 Å². The summed E-state index contributed by atoms with van der Waals surface area (Å²) in [6.07, 6.45) is 0.269. The first-order valence-electron chi connectivity index (χ1n) is 4.54. The first-order valence-corrected chi connectivity index (χ1v) is 4.54. The van der Waals surface area contributed by atoms with Crippen molar-refractivity contribution in [1.82, 2.24) is 0 Å². The van der Waals surface area contributed by atoms with E-state index in [1.54, 1.807) is 0 Å². The van der Waals surface area contributed by atoms with Crippen LogP contribution in [0.25, 0.3) is 0 Å². The minimum atomic E-state index is -0.464. The zero-order valence-corrected chi connectivity index (χ0v) is 7.95. The van der Waals surface area contributed by atoms with Crippen molar-refractivity contribution in [1.29, 1.82) is 0 Å². The quantitative estimate of drug-likeness (QED) is 0.656. The van der Waals surface area contributed by atoms with Crippen LogP contribution in [0.4, 0.5) is 0 Å². The molecule has 0 spiro atoms. The molecule has 1 aliphatic heterocycles. The Morgan fingerprint density at radius 3 is 2.85 bits per heavy atom. The molecule has 0 radical (unpaired) electrons. The third kappa shape index (κ3) is 1.42. The lowest BCUT2D eigenvalue weighted by molar-refractivity contribution is -0.0411. The smallest absolute Gasteiger partial charge is 0.129 e. The van der Waals surface area contributed by atoms with Crippen LogP contribution in [0, 0.1) is 0 Å². The molecule has 13 heavy (non-hydrogen) atoms. The molecule has 1 heterocycles. The Labute approximate surface area is 78.2 Å². The van der Waals surface area contributed by atoms with Crippen LogP contribution >= 0.6 is 0 Å². The van der Waals surface area contributed by atoms with Gasteiger partial charge in [-0.2, -0.15) is 0 Å². The summed E-state index contributed by atoms with van der Waals surface area (Å²) < 4.78 is 5.68. The summed E-state index contributed by atoms with van der Waals surface area (Å²) in [6, 6.07) is 7.86. The molecule has 0 bridgehead atoms. The molecular weight excluding hydrogens is 164 g/mol. The van der Waals surface area contributed by atoms with E-state index in [1.807, 2.05) is 38.1 Å². The lowest BCUT2D eigenvalue weighted by Gasteiger charge is -2.36. The predicted molar refractivity (Wildman–Crippen MR) is 50.9 cm³/mol. The fourth-order valence-corrected chi connectivity index (χ4v) is 1.58. The molecule has 0 saturated carbocycles. The van der Waals surface area contributed by atoms with E-state index in [0.717, 1.165) is 11.3 Å². The Bertz CT molecular complexity index is 318. The summed E-state index contributed by atoms with van der Waals surface area (Å²) in [7, 11) is 0. The predicted octanol–water partition coefficient (Wildman–Crippen LogP) is 1.76. The van der Waals surface area contributed by atoms with Crippen LogP contribution < -0.4 is 4.74 Å². The summed E-state index contributed by atoms with van der Waals surface area (Å²) >= 11 is 0. The van der Waals surface area contributed by atoms with Crippen molar-refractivity contribution in [3.05, 3.63) is 29.8 Å². The van der Waals surface area contributed by atoms with Gasteiger partial charge in [-0.25, -0.2) is 0 Å². The number of aliphatic hydroxyl groups excluding tert-OH is 1. The highest BCUT2D eigenvalue weighted by molar-refractivity contribution is 5.36. The topological polar surface area (TPSA) is 29.5 Å². The van der Waals surface area contributed by atoms with E-state index in [4.69, 9.17) is 4.74 Å². The van der Waals surface area contributed by atoms with Crippen molar-refractivity contribution in [2.24, 2.45) is 0 Å². The largest absolute Gasteiger partial charge is 0.485 e. The third-order valence-electron chi connectivity index (χ3n) is 2.56. The first kappa shape index (κ1) is 8.57. The van der Waals surface area contributed by atoms with Crippen LogP contribution in [-0.4, -0.2) is 16.8 Å². The fraction of sp³-hybridized carbons (Fsp3) is 0.455. The molecule has 0 fully saturated rings. The van der Waals surface area contributed by atoms with Crippen LogP contribution in [-0.2, 0) is 6.42 Å². The molecule has 2 nitrogen and oxygen atoms in total. The van der Waals surface area contributed by atoms with Gasteiger partial charge in [-0.05, 0) is 25.5 Å². The molecule has 1 aromatic rings. The number of hydrogen-bond acceptors (Lipinski definition) is 2. The van der Waals surface area contributed by atoms with Crippen molar-refractivity contribution >= 4 is 0 Å². The van der Waals surface area contributed by atoms with E-state index >= 15 is 0 Å². The number of ether oxygens (including phenoxy) is 1. The Balaban J connectivity index is 2.39. The third-order valence-corrected chi connectivity index (χ3v) is 2.56. The van der Waals surface area contributed by atoms with Crippen LogP contribution in [0.2, 0.25) is 0 Å². The molecule has 0 aliphatic carbocycles. The Morgan fingerprint density at radius 2 is 2.08 bits per heavy atom. The lowest BCUT2D eigenvalue weighted by atomic mass is 9.91. The van der Waals surface area contributed by atoms with Crippen molar-refractivity contribution in [3.8, 4) is 5.75 Å². The standard InChI is InChI=1S/C11H14O2/c1-11(2)10(12)7-8-5-3-4-6-9(8)13-11/h3-6,10,12H,7H2,1-2H3/t10-/m0/s1. The van der Waals surface area contributed by atoms with E-state index in [1.165, 1.54) is 0 Å². The summed E-state index contributed by atoms with van der Waals surface area (Å²) in [6.45, 7) is 3.82. The molecule has 1 N–H and O–H groups in total. The van der Waals surface area contributed by atoms with Crippen molar-refractivity contribution < 1.29 is 9.84 Å². The molecular formula is C11H14O2. The van der Waals surface area contributed by atoms with Gasteiger partial charge in [-0.3, -0.25) is 0 Å². The highest BCUT2D eigenvalue weighted by Gasteiger charge is 2.35. The minimum Gasteiger partial charge on any atom is -0.485 e. The van der Waals surface area contributed by atoms with Gasteiger partial charge in [0.25, 0.3) is 0 Å². The van der Waals surface area contributed by atoms with Crippen molar-refractivity contribution in [3.63, 3.8) is 0 Å². The van der Waals surface area contributed by atoms with Gasteiger partial charge in [-0.15, -0.1) is 0 Å². The van der Waals surface area contributed by atoms with Gasteiger partial charge in [0.2, 0.25) is 0 Å². The lowest BCUT2D eigenvalue weighted by Crippen LogP contribution is -2.46. The van der Waals surface area contributed by atoms with E-state index in [9.17, 15) is 5.11 Å². The molecule has 70 valence electrons. The minimum absolute atomic E-state index is 0.414. The molecule has 0 amide bonds. The van der Waals surface area contributed by atoms with E-state index in [2.05, 4.69) is 0 Å². The maximum atomic E-state index is 9.76. The molecule has 2 rings (SSSR count). The normalized spacial score (nSPS) is 24.7. The number of para-hydroxylation sites is 1. The van der Waals surface area contributed by atoms with Gasteiger partial charge in [0, 0.05) is 6.42 Å². The van der Waals surface area contributed by atoms with Gasteiger partial charge in [0.1, 0.15) is 11.4 Å². The zero-order valence-electron chi connectivity index (χ0n) is 7.95. The average molecular weight is 178 g/mol. The summed E-state index contributed by atoms with van der Waals surface area (Å²) in [4.78, 5) is 0. The highest BCUT2D eigenvalue weighted by Crippen LogP contribution is 2.32. The van der Waals surface area contributed by atoms with E-state index < -0.39 is 11.7 Å². The Hall–Kier alpha value is -1.02.